The minimum Gasteiger partial charge on any atom is -0.494 e. The van der Waals surface area contributed by atoms with Crippen molar-refractivity contribution in [2.75, 3.05) is 7.11 Å². The summed E-state index contributed by atoms with van der Waals surface area (Å²) in [4.78, 5) is 0. The summed E-state index contributed by atoms with van der Waals surface area (Å²) in [7, 11) is 1.43. The molecule has 0 unspecified atom stereocenters. The lowest BCUT2D eigenvalue weighted by Crippen LogP contribution is -2.06. The Hall–Kier alpha value is -1.56. The first-order valence-corrected chi connectivity index (χ1v) is 4.89. The fourth-order valence-electron chi connectivity index (χ4n) is 1.89. The molecule has 0 heterocycles. The average molecular weight is 205 g/mol. The number of nitrogens with zero attached hydrogens (tertiary/aromatic N) is 1. The normalized spacial score (nSPS) is 16.9. The Balaban J connectivity index is 2.54. The maximum absolute atomic E-state index is 13.3. The van der Waals surface area contributed by atoms with E-state index >= 15 is 0 Å². The van der Waals surface area contributed by atoms with Gasteiger partial charge in [-0.05, 0) is 43.0 Å². The topological polar surface area (TPSA) is 33.0 Å². The van der Waals surface area contributed by atoms with E-state index in [1.807, 2.05) is 6.92 Å². The van der Waals surface area contributed by atoms with E-state index in [9.17, 15) is 4.39 Å². The van der Waals surface area contributed by atoms with Crippen LogP contribution in [0, 0.1) is 24.1 Å². The van der Waals surface area contributed by atoms with Gasteiger partial charge in [0, 0.05) is 0 Å². The van der Waals surface area contributed by atoms with Gasteiger partial charge in [0.05, 0.1) is 18.6 Å². The van der Waals surface area contributed by atoms with E-state index in [0.717, 1.165) is 24.0 Å². The molecule has 0 bridgehead atoms. The molecule has 1 aromatic carbocycles. The maximum Gasteiger partial charge on any atom is 0.165 e. The molecule has 0 atom stereocenters. The van der Waals surface area contributed by atoms with E-state index in [2.05, 4.69) is 6.07 Å². The van der Waals surface area contributed by atoms with Crippen molar-refractivity contribution in [2.45, 2.75) is 25.2 Å². The van der Waals surface area contributed by atoms with Gasteiger partial charge >= 0.3 is 0 Å². The highest BCUT2D eigenvalue weighted by Crippen LogP contribution is 2.49. The third-order valence-electron chi connectivity index (χ3n) is 2.98. The Morgan fingerprint density at radius 3 is 2.60 bits per heavy atom. The predicted octanol–water partition coefficient (Wildman–Crippen LogP) is 2.70. The van der Waals surface area contributed by atoms with Gasteiger partial charge in [0.1, 0.15) is 0 Å². The molecule has 15 heavy (non-hydrogen) atoms. The van der Waals surface area contributed by atoms with Crippen LogP contribution in [0.5, 0.6) is 5.75 Å². The Labute approximate surface area is 88.3 Å². The molecule has 0 amide bonds. The second-order valence-electron chi connectivity index (χ2n) is 4.00. The van der Waals surface area contributed by atoms with Gasteiger partial charge < -0.3 is 4.74 Å². The monoisotopic (exact) mass is 205 g/mol. The number of aryl methyl sites for hydroxylation is 1. The molecule has 0 N–H and O–H groups in total. The van der Waals surface area contributed by atoms with Crippen LogP contribution in [0.3, 0.4) is 0 Å². The number of benzene rings is 1. The number of methoxy groups -OCH3 is 1. The van der Waals surface area contributed by atoms with Crippen LogP contribution < -0.4 is 4.74 Å². The van der Waals surface area contributed by atoms with Gasteiger partial charge in [-0.25, -0.2) is 4.39 Å². The highest BCUT2D eigenvalue weighted by molar-refractivity contribution is 5.47. The molecular formula is C12H12FNO. The first kappa shape index (κ1) is 9.97. The van der Waals surface area contributed by atoms with Crippen molar-refractivity contribution < 1.29 is 9.13 Å². The van der Waals surface area contributed by atoms with Crippen LogP contribution in [-0.4, -0.2) is 7.11 Å². The SMILES string of the molecule is COc1cc(C2(C#N)CC2)c(C)cc1F. The summed E-state index contributed by atoms with van der Waals surface area (Å²) in [6.07, 6.45) is 1.72. The third-order valence-corrected chi connectivity index (χ3v) is 2.98. The Kier molecular flexibility index (Phi) is 2.15. The molecule has 0 aliphatic heterocycles. The summed E-state index contributed by atoms with van der Waals surface area (Å²) in [6, 6.07) is 5.39. The second-order valence-corrected chi connectivity index (χ2v) is 4.00. The first-order chi connectivity index (χ1) is 7.13. The number of nitriles is 1. The van der Waals surface area contributed by atoms with Crippen LogP contribution in [0.1, 0.15) is 24.0 Å². The summed E-state index contributed by atoms with van der Waals surface area (Å²) >= 11 is 0. The summed E-state index contributed by atoms with van der Waals surface area (Å²) in [6.45, 7) is 1.83. The number of ether oxygens (including phenoxy) is 1. The summed E-state index contributed by atoms with van der Waals surface area (Å²) < 4.78 is 18.3. The lowest BCUT2D eigenvalue weighted by Gasteiger charge is -2.12. The summed E-state index contributed by atoms with van der Waals surface area (Å²) in [5.41, 5.74) is 1.35. The number of hydrogen-bond acceptors (Lipinski definition) is 2. The van der Waals surface area contributed by atoms with Gasteiger partial charge in [-0.1, -0.05) is 0 Å². The van der Waals surface area contributed by atoms with Crippen molar-refractivity contribution in [3.8, 4) is 11.8 Å². The number of halogens is 1. The van der Waals surface area contributed by atoms with E-state index in [0.29, 0.717) is 0 Å². The minimum absolute atomic E-state index is 0.220. The van der Waals surface area contributed by atoms with Crippen LogP contribution in [0.2, 0.25) is 0 Å². The van der Waals surface area contributed by atoms with E-state index in [4.69, 9.17) is 10.00 Å². The van der Waals surface area contributed by atoms with Crippen LogP contribution in [0.25, 0.3) is 0 Å². The Morgan fingerprint density at radius 2 is 2.13 bits per heavy atom. The third kappa shape index (κ3) is 1.46. The van der Waals surface area contributed by atoms with Gasteiger partial charge in [-0.2, -0.15) is 5.26 Å². The fourth-order valence-corrected chi connectivity index (χ4v) is 1.89. The van der Waals surface area contributed by atoms with Gasteiger partial charge in [0.25, 0.3) is 0 Å². The molecule has 0 spiro atoms. The highest BCUT2D eigenvalue weighted by Gasteiger charge is 2.46. The zero-order valence-corrected chi connectivity index (χ0v) is 8.80. The second kappa shape index (κ2) is 3.23. The molecule has 0 radical (unpaired) electrons. The standard InChI is InChI=1S/C12H12FNO/c1-8-5-10(13)11(15-2)6-9(8)12(7-14)3-4-12/h5-6H,3-4H2,1-2H3. The van der Waals surface area contributed by atoms with Crippen LogP contribution in [0.15, 0.2) is 12.1 Å². The summed E-state index contributed by atoms with van der Waals surface area (Å²) in [5.74, 6) is -0.149. The Morgan fingerprint density at radius 1 is 1.47 bits per heavy atom. The van der Waals surface area contributed by atoms with E-state index in [1.165, 1.54) is 13.2 Å². The molecule has 2 rings (SSSR count). The first-order valence-electron chi connectivity index (χ1n) is 4.89. The number of hydrogen-bond donors (Lipinski definition) is 0. The largest absolute Gasteiger partial charge is 0.494 e. The van der Waals surface area contributed by atoms with Crippen molar-refractivity contribution in [1.29, 1.82) is 5.26 Å². The van der Waals surface area contributed by atoms with Gasteiger partial charge in [0.2, 0.25) is 0 Å². The lowest BCUT2D eigenvalue weighted by atomic mass is 9.93. The van der Waals surface area contributed by atoms with Crippen molar-refractivity contribution in [3.63, 3.8) is 0 Å². The molecule has 1 aromatic rings. The van der Waals surface area contributed by atoms with E-state index in [1.54, 1.807) is 6.07 Å². The van der Waals surface area contributed by atoms with E-state index < -0.39 is 0 Å². The molecule has 0 saturated heterocycles. The molecule has 2 nitrogen and oxygen atoms in total. The van der Waals surface area contributed by atoms with Crippen LogP contribution in [-0.2, 0) is 5.41 Å². The van der Waals surface area contributed by atoms with Crippen molar-refractivity contribution in [2.24, 2.45) is 0 Å². The molecule has 1 aliphatic carbocycles. The molecule has 0 aromatic heterocycles. The quantitative estimate of drug-likeness (QED) is 0.743. The van der Waals surface area contributed by atoms with Crippen LogP contribution >= 0.6 is 0 Å². The van der Waals surface area contributed by atoms with E-state index in [-0.39, 0.29) is 17.0 Å². The van der Waals surface area contributed by atoms with Crippen molar-refractivity contribution >= 4 is 0 Å². The van der Waals surface area contributed by atoms with Gasteiger partial charge in [-0.15, -0.1) is 0 Å². The fraction of sp³-hybridized carbons (Fsp3) is 0.417. The van der Waals surface area contributed by atoms with Gasteiger partial charge in [-0.3, -0.25) is 0 Å². The molecule has 1 fully saturated rings. The average Bonchev–Trinajstić information content (AvgIpc) is 2.99. The van der Waals surface area contributed by atoms with Gasteiger partial charge in [0.15, 0.2) is 11.6 Å². The molecule has 1 aliphatic rings. The smallest absolute Gasteiger partial charge is 0.165 e. The molecular weight excluding hydrogens is 193 g/mol. The molecule has 1 saturated carbocycles. The number of rotatable bonds is 2. The zero-order chi connectivity index (χ0) is 11.1. The van der Waals surface area contributed by atoms with Crippen LogP contribution in [0.4, 0.5) is 4.39 Å². The van der Waals surface area contributed by atoms with Crippen molar-refractivity contribution in [1.82, 2.24) is 0 Å². The van der Waals surface area contributed by atoms with Crippen molar-refractivity contribution in [3.05, 3.63) is 29.1 Å². The minimum atomic E-state index is -0.384. The predicted molar refractivity (Wildman–Crippen MR) is 54.2 cm³/mol. The maximum atomic E-state index is 13.3. The molecule has 78 valence electrons. The summed E-state index contributed by atoms with van der Waals surface area (Å²) in [5, 5.41) is 9.08. The zero-order valence-electron chi connectivity index (χ0n) is 8.80. The Bertz CT molecular complexity index is 444. The lowest BCUT2D eigenvalue weighted by molar-refractivity contribution is 0.385. The molecule has 3 heteroatoms. The highest BCUT2D eigenvalue weighted by atomic mass is 19.1.